The van der Waals surface area contributed by atoms with Crippen LogP contribution in [0.1, 0.15) is 22.7 Å². The number of ether oxygens (including phenoxy) is 1. The summed E-state index contributed by atoms with van der Waals surface area (Å²) in [6, 6.07) is 31.6. The Kier molecular flexibility index (Phi) is 8.75. The summed E-state index contributed by atoms with van der Waals surface area (Å²) in [5.74, 6) is 0.567. The van der Waals surface area contributed by atoms with E-state index in [1.165, 1.54) is 24.5 Å². The minimum absolute atomic E-state index is 0.249. The summed E-state index contributed by atoms with van der Waals surface area (Å²) in [5, 5.41) is 7.12. The molecule has 6 rings (SSSR count). The van der Waals surface area contributed by atoms with Gasteiger partial charge in [-0.05, 0) is 54.0 Å². The first-order valence-corrected chi connectivity index (χ1v) is 14.5. The molecule has 0 bridgehead atoms. The molecule has 1 amide bonds. The van der Waals surface area contributed by atoms with Crippen LogP contribution in [0.15, 0.2) is 127 Å². The third-order valence-electron chi connectivity index (χ3n) is 7.36. The Morgan fingerprint density at radius 1 is 0.956 bits per heavy atom. The van der Waals surface area contributed by atoms with E-state index < -0.39 is 0 Å². The Morgan fingerprint density at radius 2 is 1.73 bits per heavy atom. The lowest BCUT2D eigenvalue weighted by atomic mass is 9.98. The van der Waals surface area contributed by atoms with Gasteiger partial charge in [-0.15, -0.1) is 0 Å². The molecule has 224 valence electrons. The number of nitrogens with zero attached hydrogens (tertiary/aromatic N) is 2. The van der Waals surface area contributed by atoms with Crippen molar-refractivity contribution in [2.45, 2.75) is 19.6 Å². The van der Waals surface area contributed by atoms with Crippen LogP contribution in [0, 0.1) is 12.7 Å². The lowest BCUT2D eigenvalue weighted by molar-refractivity contribution is -0.111. The van der Waals surface area contributed by atoms with Gasteiger partial charge in [-0.2, -0.15) is 0 Å². The van der Waals surface area contributed by atoms with Gasteiger partial charge < -0.3 is 19.8 Å². The van der Waals surface area contributed by atoms with Crippen LogP contribution in [-0.4, -0.2) is 22.5 Å². The summed E-state index contributed by atoms with van der Waals surface area (Å²) in [6.45, 7) is 6.13. The SMILES string of the molecule is C=CC(=O)Nc1cccc(-c2c(-c3ccccc3)oc3ncnc(N[C@H](COCc4cccc(F)c4)c4ccc(C)cc4)c23)c1. The molecule has 1 atom stereocenters. The van der Waals surface area contributed by atoms with Gasteiger partial charge in [-0.25, -0.2) is 14.4 Å². The number of hydrogen-bond acceptors (Lipinski definition) is 6. The van der Waals surface area contributed by atoms with Gasteiger partial charge in [0.25, 0.3) is 0 Å². The molecule has 4 aromatic carbocycles. The second-order valence-corrected chi connectivity index (χ2v) is 10.6. The number of benzene rings is 4. The topological polar surface area (TPSA) is 89.3 Å². The van der Waals surface area contributed by atoms with Gasteiger partial charge >= 0.3 is 0 Å². The van der Waals surface area contributed by atoms with E-state index in [0.717, 1.165) is 33.4 Å². The van der Waals surface area contributed by atoms with E-state index in [0.29, 0.717) is 28.4 Å². The Labute approximate surface area is 260 Å². The third kappa shape index (κ3) is 6.82. The average Bonchev–Trinajstić information content (AvgIpc) is 3.46. The van der Waals surface area contributed by atoms with Crippen LogP contribution in [0.2, 0.25) is 0 Å². The summed E-state index contributed by atoms with van der Waals surface area (Å²) in [4.78, 5) is 21.3. The molecule has 0 aliphatic rings. The van der Waals surface area contributed by atoms with Gasteiger partial charge in [0.2, 0.25) is 11.6 Å². The zero-order chi connectivity index (χ0) is 31.2. The molecule has 6 aromatic rings. The van der Waals surface area contributed by atoms with E-state index >= 15 is 0 Å². The fraction of sp³-hybridized carbons (Fsp3) is 0.108. The highest BCUT2D eigenvalue weighted by atomic mass is 19.1. The van der Waals surface area contributed by atoms with Crippen LogP contribution in [-0.2, 0) is 16.1 Å². The summed E-state index contributed by atoms with van der Waals surface area (Å²) in [7, 11) is 0. The molecule has 8 heteroatoms. The number of halogens is 1. The highest BCUT2D eigenvalue weighted by Crippen LogP contribution is 2.43. The molecule has 45 heavy (non-hydrogen) atoms. The number of aromatic nitrogens is 2. The highest BCUT2D eigenvalue weighted by molar-refractivity contribution is 6.07. The molecule has 0 aliphatic heterocycles. The molecule has 2 heterocycles. The Morgan fingerprint density at radius 3 is 2.51 bits per heavy atom. The van der Waals surface area contributed by atoms with Crippen molar-refractivity contribution in [3.63, 3.8) is 0 Å². The molecular weight excluding hydrogens is 567 g/mol. The molecule has 0 aliphatic carbocycles. The summed E-state index contributed by atoms with van der Waals surface area (Å²) in [5.41, 5.74) is 6.34. The zero-order valence-electron chi connectivity index (χ0n) is 24.7. The predicted molar refractivity (Wildman–Crippen MR) is 175 cm³/mol. The van der Waals surface area contributed by atoms with Crippen molar-refractivity contribution in [1.82, 2.24) is 9.97 Å². The van der Waals surface area contributed by atoms with Crippen LogP contribution in [0.4, 0.5) is 15.9 Å². The molecule has 0 radical (unpaired) electrons. The van der Waals surface area contributed by atoms with Crippen molar-refractivity contribution < 1.29 is 18.3 Å². The van der Waals surface area contributed by atoms with E-state index in [-0.39, 0.29) is 31.0 Å². The molecular formula is C37H31FN4O3. The average molecular weight is 599 g/mol. The van der Waals surface area contributed by atoms with Gasteiger partial charge in [0.05, 0.1) is 24.6 Å². The zero-order valence-corrected chi connectivity index (χ0v) is 24.7. The predicted octanol–water partition coefficient (Wildman–Crippen LogP) is 8.50. The van der Waals surface area contributed by atoms with Gasteiger partial charge in [0, 0.05) is 16.8 Å². The molecule has 7 nitrogen and oxygen atoms in total. The molecule has 0 spiro atoms. The third-order valence-corrected chi connectivity index (χ3v) is 7.36. The van der Waals surface area contributed by atoms with Crippen LogP contribution in [0.5, 0.6) is 0 Å². The maximum atomic E-state index is 13.8. The fourth-order valence-corrected chi connectivity index (χ4v) is 5.16. The summed E-state index contributed by atoms with van der Waals surface area (Å²) < 4.78 is 26.3. The lowest BCUT2D eigenvalue weighted by Gasteiger charge is -2.21. The number of carbonyl (C=O) groups excluding carboxylic acids is 1. The van der Waals surface area contributed by atoms with E-state index in [4.69, 9.17) is 9.15 Å². The quantitative estimate of drug-likeness (QED) is 0.145. The normalized spacial score (nSPS) is 11.7. The molecule has 2 N–H and O–H groups in total. The molecule has 0 unspecified atom stereocenters. The Bertz CT molecular complexity index is 1950. The Balaban J connectivity index is 1.43. The van der Waals surface area contributed by atoms with E-state index in [1.807, 2.05) is 91.9 Å². The molecule has 0 fully saturated rings. The second kappa shape index (κ2) is 13.4. The van der Waals surface area contributed by atoms with Gasteiger partial charge in [0.1, 0.15) is 23.7 Å². The van der Waals surface area contributed by atoms with Crippen molar-refractivity contribution in [2.75, 3.05) is 17.2 Å². The number of anilines is 2. The van der Waals surface area contributed by atoms with Crippen molar-refractivity contribution in [2.24, 2.45) is 0 Å². The first-order chi connectivity index (χ1) is 22.0. The maximum Gasteiger partial charge on any atom is 0.247 e. The molecule has 2 aromatic heterocycles. The van der Waals surface area contributed by atoms with E-state index in [1.54, 1.807) is 6.07 Å². The van der Waals surface area contributed by atoms with E-state index in [2.05, 4.69) is 27.2 Å². The van der Waals surface area contributed by atoms with Crippen molar-refractivity contribution in [1.29, 1.82) is 0 Å². The van der Waals surface area contributed by atoms with Gasteiger partial charge in [-0.1, -0.05) is 91.0 Å². The van der Waals surface area contributed by atoms with Crippen LogP contribution in [0.25, 0.3) is 33.6 Å². The summed E-state index contributed by atoms with van der Waals surface area (Å²) in [6.07, 6.45) is 2.69. The fourth-order valence-electron chi connectivity index (χ4n) is 5.16. The van der Waals surface area contributed by atoms with E-state index in [9.17, 15) is 9.18 Å². The minimum atomic E-state index is -0.308. The number of rotatable bonds is 11. The van der Waals surface area contributed by atoms with Crippen molar-refractivity contribution >= 4 is 28.5 Å². The number of hydrogen-bond donors (Lipinski definition) is 2. The first-order valence-electron chi connectivity index (χ1n) is 14.5. The van der Waals surface area contributed by atoms with Crippen LogP contribution < -0.4 is 10.6 Å². The first kappa shape index (κ1) is 29.5. The van der Waals surface area contributed by atoms with Crippen molar-refractivity contribution in [3.05, 3.63) is 145 Å². The number of carbonyl (C=O) groups is 1. The monoisotopic (exact) mass is 598 g/mol. The lowest BCUT2D eigenvalue weighted by Crippen LogP contribution is -2.18. The Hall–Kier alpha value is -5.60. The second-order valence-electron chi connectivity index (χ2n) is 10.6. The molecule has 0 saturated heterocycles. The van der Waals surface area contributed by atoms with Crippen LogP contribution in [0.3, 0.4) is 0 Å². The number of nitrogens with one attached hydrogen (secondary N) is 2. The minimum Gasteiger partial charge on any atom is -0.437 e. The summed E-state index contributed by atoms with van der Waals surface area (Å²) >= 11 is 0. The largest absolute Gasteiger partial charge is 0.437 e. The van der Waals surface area contributed by atoms with Crippen LogP contribution >= 0.6 is 0 Å². The maximum absolute atomic E-state index is 13.8. The molecule has 0 saturated carbocycles. The highest BCUT2D eigenvalue weighted by Gasteiger charge is 2.24. The standard InChI is InChI=1S/C37H31FN4O3/c1-3-32(43)41-30-14-8-12-28(20-30)33-34-36(39-23-40-37(34)45-35(33)27-10-5-4-6-11-27)42-31(26-17-15-24(2)16-18-26)22-44-21-25-9-7-13-29(38)19-25/h3-20,23,31H,1,21-22H2,2H3,(H,41,43)(H,39,40,42)/t31-/m1/s1. The van der Waals surface area contributed by atoms with Gasteiger partial charge in [-0.3, -0.25) is 4.79 Å². The smallest absolute Gasteiger partial charge is 0.247 e. The van der Waals surface area contributed by atoms with Gasteiger partial charge in [0.15, 0.2) is 0 Å². The number of fused-ring (bicyclic) bond motifs is 1. The number of aryl methyl sites for hydroxylation is 1. The number of furan rings is 1. The number of amides is 1. The van der Waals surface area contributed by atoms with Crippen molar-refractivity contribution in [3.8, 4) is 22.5 Å².